The Labute approximate surface area is 203 Å². The lowest BCUT2D eigenvalue weighted by molar-refractivity contribution is -0.384. The number of benzene rings is 2. The summed E-state index contributed by atoms with van der Waals surface area (Å²) in [6.45, 7) is 2.76. The van der Waals surface area contributed by atoms with Gasteiger partial charge in [0.15, 0.2) is 0 Å². The summed E-state index contributed by atoms with van der Waals surface area (Å²) in [4.78, 5) is 26.4. The molecule has 2 fully saturated rings. The van der Waals surface area contributed by atoms with Crippen LogP contribution in [-0.4, -0.2) is 40.9 Å². The van der Waals surface area contributed by atoms with Crippen LogP contribution in [0.15, 0.2) is 41.5 Å². The third kappa shape index (κ3) is 4.52. The van der Waals surface area contributed by atoms with Crippen molar-refractivity contribution in [3.05, 3.63) is 63.5 Å². The highest BCUT2D eigenvalue weighted by molar-refractivity contribution is 6.14. The van der Waals surface area contributed by atoms with Gasteiger partial charge in [-0.15, -0.1) is 0 Å². The Morgan fingerprint density at radius 1 is 1.06 bits per heavy atom. The van der Waals surface area contributed by atoms with Gasteiger partial charge in [-0.2, -0.15) is 5.10 Å². The summed E-state index contributed by atoms with van der Waals surface area (Å²) in [5, 5.41) is 17.7. The Hall–Kier alpha value is -3.33. The number of fused-ring (bicyclic) bond motifs is 1. The number of non-ortho nitro benzene ring substituents is 1. The molecule has 1 saturated heterocycles. The molecule has 0 unspecified atom stereocenters. The number of hydrazone groups is 1. The van der Waals surface area contributed by atoms with Crippen molar-refractivity contribution in [3.8, 4) is 0 Å². The van der Waals surface area contributed by atoms with E-state index in [9.17, 15) is 19.3 Å². The minimum absolute atomic E-state index is 0.0630. The molecule has 0 radical (unpaired) electrons. The summed E-state index contributed by atoms with van der Waals surface area (Å²) >= 11 is 0. The van der Waals surface area contributed by atoms with Gasteiger partial charge in [0.2, 0.25) is 0 Å². The SMILES string of the molecule is Cc1cc2c(cc1F)C(C1CCCCC1)=NN(C1CCOCC1)C(=O)N2c1ccc([N+](=O)[O-])cc1. The van der Waals surface area contributed by atoms with Gasteiger partial charge in [-0.25, -0.2) is 14.2 Å². The predicted molar refractivity (Wildman–Crippen MR) is 131 cm³/mol. The normalized spacial score (nSPS) is 19.8. The fourth-order valence-electron chi connectivity index (χ4n) is 5.29. The lowest BCUT2D eigenvalue weighted by Crippen LogP contribution is -2.45. The molecule has 5 rings (SSSR count). The Morgan fingerprint density at radius 2 is 1.74 bits per heavy atom. The van der Waals surface area contributed by atoms with Crippen LogP contribution in [0.25, 0.3) is 0 Å². The van der Waals surface area contributed by atoms with Crippen molar-refractivity contribution < 1.29 is 18.8 Å². The van der Waals surface area contributed by atoms with E-state index in [2.05, 4.69) is 0 Å². The van der Waals surface area contributed by atoms with Gasteiger partial charge < -0.3 is 4.74 Å². The molecule has 0 bridgehead atoms. The average Bonchev–Trinajstić information content (AvgIpc) is 2.99. The van der Waals surface area contributed by atoms with E-state index >= 15 is 0 Å². The molecule has 0 aromatic heterocycles. The van der Waals surface area contributed by atoms with E-state index in [0.717, 1.165) is 37.8 Å². The molecule has 2 aromatic rings. The molecule has 35 heavy (non-hydrogen) atoms. The number of amides is 2. The first kappa shape index (κ1) is 23.4. The van der Waals surface area contributed by atoms with Gasteiger partial charge in [0, 0.05) is 36.8 Å². The highest BCUT2D eigenvalue weighted by atomic mass is 19.1. The number of halogens is 1. The molecular weight excluding hydrogens is 451 g/mol. The van der Waals surface area contributed by atoms with E-state index in [0.29, 0.717) is 48.6 Å². The third-order valence-electron chi connectivity index (χ3n) is 7.24. The minimum atomic E-state index is -0.472. The molecule has 2 aromatic carbocycles. The summed E-state index contributed by atoms with van der Waals surface area (Å²) in [5.74, 6) is -0.209. The molecule has 2 aliphatic heterocycles. The average molecular weight is 481 g/mol. The molecule has 2 heterocycles. The lowest BCUT2D eigenvalue weighted by Gasteiger charge is -2.33. The highest BCUT2D eigenvalue weighted by Crippen LogP contribution is 2.40. The number of carbonyl (C=O) groups excluding carboxylic acids is 1. The molecule has 9 heteroatoms. The topological polar surface area (TPSA) is 88.3 Å². The number of anilines is 2. The van der Waals surface area contributed by atoms with Crippen LogP contribution in [0.4, 0.5) is 26.2 Å². The molecule has 3 aliphatic rings. The number of carbonyl (C=O) groups is 1. The molecule has 1 saturated carbocycles. The number of nitro groups is 1. The fourth-order valence-corrected chi connectivity index (χ4v) is 5.29. The maximum absolute atomic E-state index is 14.9. The van der Waals surface area contributed by atoms with Crippen molar-refractivity contribution in [2.24, 2.45) is 11.0 Å². The maximum Gasteiger partial charge on any atom is 0.349 e. The zero-order chi connectivity index (χ0) is 24.5. The molecular formula is C26H29FN4O4. The second kappa shape index (κ2) is 9.73. The first-order valence-corrected chi connectivity index (χ1v) is 12.3. The predicted octanol–water partition coefficient (Wildman–Crippen LogP) is 6.08. The number of nitro benzene ring substituents is 1. The summed E-state index contributed by atoms with van der Waals surface area (Å²) in [6, 6.07) is 8.58. The molecule has 1 aliphatic carbocycles. The van der Waals surface area contributed by atoms with E-state index in [4.69, 9.17) is 9.84 Å². The number of urea groups is 1. The quantitative estimate of drug-likeness (QED) is 0.392. The summed E-state index contributed by atoms with van der Waals surface area (Å²) < 4.78 is 20.5. The Balaban J connectivity index is 1.69. The van der Waals surface area contributed by atoms with Crippen LogP contribution in [0.1, 0.15) is 56.1 Å². The van der Waals surface area contributed by atoms with Crippen LogP contribution in [0.2, 0.25) is 0 Å². The van der Waals surface area contributed by atoms with Crippen LogP contribution in [0.5, 0.6) is 0 Å². The Morgan fingerprint density at radius 3 is 2.40 bits per heavy atom. The van der Waals surface area contributed by atoms with Gasteiger partial charge in [-0.1, -0.05) is 19.3 Å². The monoisotopic (exact) mass is 480 g/mol. The van der Waals surface area contributed by atoms with Crippen LogP contribution in [0.3, 0.4) is 0 Å². The van der Waals surface area contributed by atoms with Gasteiger partial charge in [0.1, 0.15) is 5.82 Å². The first-order chi connectivity index (χ1) is 16.9. The van der Waals surface area contributed by atoms with Gasteiger partial charge in [0.25, 0.3) is 5.69 Å². The molecule has 184 valence electrons. The summed E-state index contributed by atoms with van der Waals surface area (Å²) in [5.41, 5.74) is 2.76. The zero-order valence-electron chi connectivity index (χ0n) is 19.8. The molecule has 0 spiro atoms. The first-order valence-electron chi connectivity index (χ1n) is 12.3. The molecule has 0 atom stereocenters. The van der Waals surface area contributed by atoms with Crippen LogP contribution >= 0.6 is 0 Å². The molecule has 0 N–H and O–H groups in total. The highest BCUT2D eigenvalue weighted by Gasteiger charge is 2.38. The van der Waals surface area contributed by atoms with Gasteiger partial charge in [-0.3, -0.25) is 15.0 Å². The van der Waals surface area contributed by atoms with Crippen molar-refractivity contribution in [3.63, 3.8) is 0 Å². The van der Waals surface area contributed by atoms with E-state index in [1.165, 1.54) is 23.1 Å². The molecule has 8 nitrogen and oxygen atoms in total. The Kier molecular flexibility index (Phi) is 6.51. The largest absolute Gasteiger partial charge is 0.381 e. The van der Waals surface area contributed by atoms with Crippen LogP contribution in [-0.2, 0) is 4.74 Å². The van der Waals surface area contributed by atoms with Gasteiger partial charge >= 0.3 is 6.03 Å². The Bertz CT molecular complexity index is 1150. The van der Waals surface area contributed by atoms with Crippen molar-refractivity contribution in [2.75, 3.05) is 18.1 Å². The lowest BCUT2D eigenvalue weighted by atomic mass is 9.82. The second-order valence-corrected chi connectivity index (χ2v) is 9.52. The van der Waals surface area contributed by atoms with Crippen molar-refractivity contribution in [2.45, 2.75) is 57.9 Å². The van der Waals surface area contributed by atoms with Crippen molar-refractivity contribution in [1.82, 2.24) is 5.01 Å². The van der Waals surface area contributed by atoms with Crippen LogP contribution in [0, 0.1) is 28.8 Å². The third-order valence-corrected chi connectivity index (χ3v) is 7.24. The van der Waals surface area contributed by atoms with Gasteiger partial charge in [0.05, 0.1) is 28.1 Å². The van der Waals surface area contributed by atoms with E-state index in [1.807, 2.05) is 0 Å². The summed E-state index contributed by atoms with van der Waals surface area (Å²) in [7, 11) is 0. The van der Waals surface area contributed by atoms with Gasteiger partial charge in [-0.05, 0) is 62.4 Å². The maximum atomic E-state index is 14.9. The van der Waals surface area contributed by atoms with E-state index in [1.54, 1.807) is 30.1 Å². The van der Waals surface area contributed by atoms with Crippen molar-refractivity contribution >= 4 is 28.8 Å². The zero-order valence-corrected chi connectivity index (χ0v) is 19.8. The van der Waals surface area contributed by atoms with E-state index < -0.39 is 4.92 Å². The summed E-state index contributed by atoms with van der Waals surface area (Å²) in [6.07, 6.45) is 6.52. The second-order valence-electron chi connectivity index (χ2n) is 9.52. The number of hydrogen-bond acceptors (Lipinski definition) is 5. The van der Waals surface area contributed by atoms with Crippen LogP contribution < -0.4 is 4.90 Å². The van der Waals surface area contributed by atoms with Crippen molar-refractivity contribution in [1.29, 1.82) is 0 Å². The number of rotatable bonds is 4. The number of hydrogen-bond donors (Lipinski definition) is 0. The number of aryl methyl sites for hydroxylation is 1. The molecule has 2 amide bonds. The number of nitrogens with zero attached hydrogens (tertiary/aromatic N) is 4. The number of ether oxygens (including phenoxy) is 1. The standard InChI is InChI=1S/C26H29FN4O4/c1-17-15-24-22(16-23(17)27)25(18-5-3-2-4-6-18)28-30(20-11-13-35-14-12-20)26(32)29(24)19-7-9-21(10-8-19)31(33)34/h7-10,15-16,18,20H,2-6,11-14H2,1H3. The smallest absolute Gasteiger partial charge is 0.349 e. The minimum Gasteiger partial charge on any atom is -0.381 e. The fraction of sp³-hybridized carbons (Fsp3) is 0.462. The van der Waals surface area contributed by atoms with E-state index in [-0.39, 0.29) is 29.5 Å².